The van der Waals surface area contributed by atoms with Gasteiger partial charge in [0.05, 0.1) is 13.2 Å². The zero-order chi connectivity index (χ0) is 19.6. The molecule has 6 heteroatoms. The van der Waals surface area contributed by atoms with Crippen LogP contribution in [0.2, 0.25) is 0 Å². The smallest absolute Gasteiger partial charge is 0.0822 e. The fourth-order valence-electron chi connectivity index (χ4n) is 2.16. The van der Waals surface area contributed by atoms with Crippen LogP contribution < -0.4 is 5.32 Å². The van der Waals surface area contributed by atoms with Crippen molar-refractivity contribution in [3.8, 4) is 23.7 Å². The number of methoxy groups -OCH3 is 1. The molecule has 1 aromatic carbocycles. The van der Waals surface area contributed by atoms with E-state index in [1.807, 2.05) is 12.2 Å². The molecule has 5 nitrogen and oxygen atoms in total. The number of ether oxygens (including phenoxy) is 1. The summed E-state index contributed by atoms with van der Waals surface area (Å²) in [5.41, 5.74) is 2.10. The number of amides is 1. The first-order chi connectivity index (χ1) is 13.0. The second kappa shape index (κ2) is 10.7. The molecule has 0 saturated heterocycles. The molecule has 2 atom stereocenters. The topological polar surface area (TPSA) is 75.6 Å². The van der Waals surface area contributed by atoms with Gasteiger partial charge in [-0.05, 0) is 6.92 Å². The van der Waals surface area contributed by atoms with Crippen molar-refractivity contribution in [2.45, 2.75) is 19.1 Å². The van der Waals surface area contributed by atoms with Gasteiger partial charge in [0.15, 0.2) is 6.04 Å². The van der Waals surface area contributed by atoms with Gasteiger partial charge < -0.3 is 9.84 Å². The zero-order valence-electron chi connectivity index (χ0n) is 15.0. The van der Waals surface area contributed by atoms with Gasteiger partial charge in [-0.15, -0.1) is 0 Å². The van der Waals surface area contributed by atoms with Crippen LogP contribution in [0.15, 0.2) is 44.9 Å². The number of rotatable bonds is 4. The molecule has 1 aliphatic heterocycles. The molecule has 0 saturated carbocycles. The Kier molecular flexibility index (Phi) is 8.36. The molecule has 0 bridgehead atoms. The minimum Gasteiger partial charge on any atom is -0.391 e. The number of esters is 1. The molecular formula is C21H18NO4Y. The standard InChI is InChI=1S/C21H18NO4.Y/c1-5-8-15(2)9-6-7-10-17-11-13-18(14-12-17)20(24)22-19(16(3)23)21(25)26-4;/h1-2,5,8,11-14,16,19,23H,3-4H3,(H,22,24);/t16-,19+;/m1./s1. The normalized spacial score (nSPS) is 13.5. The number of benzene rings is 1. The molecule has 0 fully saturated rings. The van der Waals surface area contributed by atoms with Crippen LogP contribution in [0.25, 0.3) is 0 Å². The van der Waals surface area contributed by atoms with Crippen molar-refractivity contribution in [2.24, 2.45) is 0 Å². The Bertz CT molecular complexity index is 919. The third-order valence-electron chi connectivity index (χ3n) is 3.62. The first-order valence-corrected chi connectivity index (χ1v) is 11.5. The molecular weight excluding hydrogens is 419 g/mol. The summed E-state index contributed by atoms with van der Waals surface area (Å²) < 4.78 is 9.03. The van der Waals surface area contributed by atoms with Gasteiger partial charge in [-0.1, -0.05) is 0 Å². The van der Waals surface area contributed by atoms with Gasteiger partial charge in [0.1, 0.15) is 0 Å². The Morgan fingerprint density at radius 2 is 1.89 bits per heavy atom. The number of carbonyl (C=O) groups excluding carboxylic acids is 2. The van der Waals surface area contributed by atoms with E-state index >= 15 is 0 Å². The van der Waals surface area contributed by atoms with E-state index in [9.17, 15) is 14.7 Å². The van der Waals surface area contributed by atoms with Crippen LogP contribution in [-0.2, 0) is 38.2 Å². The first-order valence-electron chi connectivity index (χ1n) is 8.25. The second-order valence-corrected chi connectivity index (χ2v) is 8.37. The molecule has 0 aromatic heterocycles. The van der Waals surface area contributed by atoms with Crippen molar-refractivity contribution in [2.75, 3.05) is 7.11 Å². The van der Waals surface area contributed by atoms with Gasteiger partial charge in [0.2, 0.25) is 0 Å². The van der Waals surface area contributed by atoms with Crippen LogP contribution in [0.4, 0.5) is 0 Å². The largest absolute Gasteiger partial charge is 0.391 e. The molecule has 0 unspecified atom stereocenters. The van der Waals surface area contributed by atoms with Crippen molar-refractivity contribution in [3.63, 3.8) is 0 Å². The summed E-state index contributed by atoms with van der Waals surface area (Å²) in [6, 6.07) is 5.47. The molecule has 0 radical (unpaired) electrons. The van der Waals surface area contributed by atoms with Gasteiger partial charge in [-0.2, -0.15) is 0 Å². The summed E-state index contributed by atoms with van der Waals surface area (Å²) in [6.07, 6.45) is 2.96. The van der Waals surface area contributed by atoms with Crippen molar-refractivity contribution >= 4 is 14.7 Å². The van der Waals surface area contributed by atoms with E-state index in [0.717, 1.165) is 11.1 Å². The average molecular weight is 437 g/mol. The number of carbonyl (C=O) groups is 2. The minimum atomic E-state index is -1.12. The minimum absolute atomic E-state index is 0.349. The summed E-state index contributed by atoms with van der Waals surface area (Å²) in [6.45, 7) is 1.40. The summed E-state index contributed by atoms with van der Waals surface area (Å²) >= 11 is -0.684. The van der Waals surface area contributed by atoms with Crippen LogP contribution in [0.5, 0.6) is 0 Å². The van der Waals surface area contributed by atoms with Crippen molar-refractivity contribution in [1.82, 2.24) is 5.32 Å². The predicted octanol–water partition coefficient (Wildman–Crippen LogP) is 1.03. The average Bonchev–Trinajstić information content (AvgIpc) is 2.69. The number of hydrogen-bond acceptors (Lipinski definition) is 4. The third kappa shape index (κ3) is 6.73. The molecule has 1 heterocycles. The molecule has 2 rings (SSSR count). The SMILES string of the molecule is COC(=O)[C@@H](NC(=O)c1ccc(C#CC#CC2=CC=[CH][Y]=[CH]2)cc1)[C@@H](C)O. The zero-order valence-corrected chi connectivity index (χ0v) is 17.9. The van der Waals surface area contributed by atoms with E-state index in [0.29, 0.717) is 5.56 Å². The summed E-state index contributed by atoms with van der Waals surface area (Å²) in [7, 11) is 1.20. The van der Waals surface area contributed by atoms with Gasteiger partial charge in [-0.25, -0.2) is 4.79 Å². The maximum atomic E-state index is 12.2. The van der Waals surface area contributed by atoms with Crippen LogP contribution in [-0.4, -0.2) is 39.0 Å². The Labute approximate surface area is 173 Å². The molecule has 1 aromatic rings. The van der Waals surface area contributed by atoms with Gasteiger partial charge in [0.25, 0.3) is 0 Å². The fourth-order valence-corrected chi connectivity index (χ4v) is 4.01. The van der Waals surface area contributed by atoms with E-state index in [-0.39, 0.29) is 0 Å². The fraction of sp³-hybridized carbons (Fsp3) is 0.190. The van der Waals surface area contributed by atoms with Crippen LogP contribution in [0.1, 0.15) is 22.8 Å². The molecule has 2 N–H and O–H groups in total. The second-order valence-electron chi connectivity index (χ2n) is 5.66. The van der Waals surface area contributed by atoms with Crippen molar-refractivity contribution in [1.29, 1.82) is 0 Å². The van der Waals surface area contributed by atoms with Gasteiger partial charge >= 0.3 is 133 Å². The van der Waals surface area contributed by atoms with Crippen LogP contribution in [0, 0.1) is 23.7 Å². The maximum absolute atomic E-state index is 12.2. The number of aliphatic hydroxyl groups is 1. The summed E-state index contributed by atoms with van der Waals surface area (Å²) in [5, 5.41) is 12.1. The van der Waals surface area contributed by atoms with Gasteiger partial charge in [0, 0.05) is 0 Å². The number of allylic oxidation sites excluding steroid dienone is 3. The summed E-state index contributed by atoms with van der Waals surface area (Å²) in [4.78, 5) is 23.8. The van der Waals surface area contributed by atoms with Crippen molar-refractivity contribution < 1.29 is 48.1 Å². The molecule has 0 spiro atoms. The molecule has 0 aliphatic carbocycles. The quantitative estimate of drug-likeness (QED) is 0.545. The Morgan fingerprint density at radius 1 is 1.19 bits per heavy atom. The number of aliphatic hydroxyl groups excluding tert-OH is 1. The number of nitrogens with one attached hydrogen (secondary N) is 1. The monoisotopic (exact) mass is 437 g/mol. The Morgan fingerprint density at radius 3 is 2.48 bits per heavy atom. The van der Waals surface area contributed by atoms with E-state index in [2.05, 4.69) is 39.4 Å². The third-order valence-corrected chi connectivity index (χ3v) is 6.07. The molecule has 1 aliphatic rings. The molecule has 1 amide bonds. The van der Waals surface area contributed by atoms with Crippen molar-refractivity contribution in [3.05, 3.63) is 56.0 Å². The Hall–Kier alpha value is -2.31. The number of hydrogen-bond donors (Lipinski definition) is 2. The van der Waals surface area contributed by atoms with Crippen LogP contribution >= 0.6 is 0 Å². The maximum Gasteiger partial charge on any atom is 0.0822 e. The first kappa shape index (κ1) is 21.0. The Balaban J connectivity index is 2.02. The van der Waals surface area contributed by atoms with E-state index in [1.54, 1.807) is 24.3 Å². The van der Waals surface area contributed by atoms with E-state index in [4.69, 9.17) is 0 Å². The van der Waals surface area contributed by atoms with E-state index < -0.39 is 52.7 Å². The molecule has 134 valence electrons. The molecule has 27 heavy (non-hydrogen) atoms. The predicted molar refractivity (Wildman–Crippen MR) is 99.3 cm³/mol. The van der Waals surface area contributed by atoms with Crippen LogP contribution in [0.3, 0.4) is 0 Å². The van der Waals surface area contributed by atoms with Gasteiger partial charge in [-0.3, -0.25) is 0 Å². The van der Waals surface area contributed by atoms with E-state index in [1.165, 1.54) is 14.0 Å². The summed E-state index contributed by atoms with van der Waals surface area (Å²) in [5.74, 6) is 10.4.